The molecule has 0 aliphatic rings. The minimum atomic E-state index is -3.59. The topological polar surface area (TPSA) is 37.4 Å². The maximum absolute atomic E-state index is 12.8. The van der Waals surface area contributed by atoms with Crippen LogP contribution in [0.4, 0.5) is 0 Å². The fourth-order valence-electron chi connectivity index (χ4n) is 1.97. The van der Waals surface area contributed by atoms with Crippen LogP contribution in [0.3, 0.4) is 0 Å². The molecule has 0 aliphatic carbocycles. The lowest BCUT2D eigenvalue weighted by Gasteiger charge is -2.20. The Kier molecular flexibility index (Phi) is 5.21. The Balaban J connectivity index is 2.39. The van der Waals surface area contributed by atoms with Gasteiger partial charge in [0.2, 0.25) is 0 Å². The summed E-state index contributed by atoms with van der Waals surface area (Å²) in [6, 6.07) is 16.4. The first-order valence-corrected chi connectivity index (χ1v) is 8.47. The minimum Gasteiger partial charge on any atom is -0.261 e. The first-order valence-electron chi connectivity index (χ1n) is 7.03. The standard InChI is InChI=1S/C18H19NO2S/c1-3-4-14-19(15-17-8-6-5-7-9-17)22(20,21)18-12-10-16(2)11-13-18/h3,5-14H,15H2,1-2H3. The molecule has 2 rings (SSSR count). The van der Waals surface area contributed by atoms with Gasteiger partial charge in [-0.2, -0.15) is 0 Å². The van der Waals surface area contributed by atoms with Crippen molar-refractivity contribution < 1.29 is 8.42 Å². The average molecular weight is 313 g/mol. The van der Waals surface area contributed by atoms with E-state index < -0.39 is 10.0 Å². The number of benzene rings is 2. The number of hydrogen-bond donors (Lipinski definition) is 0. The Hall–Kier alpha value is -2.29. The number of rotatable bonds is 5. The van der Waals surface area contributed by atoms with Gasteiger partial charge in [0, 0.05) is 0 Å². The Morgan fingerprint density at radius 2 is 1.68 bits per heavy atom. The third-order valence-electron chi connectivity index (χ3n) is 3.19. The van der Waals surface area contributed by atoms with E-state index in [1.54, 1.807) is 37.3 Å². The van der Waals surface area contributed by atoms with E-state index >= 15 is 0 Å². The van der Waals surface area contributed by atoms with E-state index in [1.165, 1.54) is 10.5 Å². The zero-order chi connectivity index (χ0) is 16.0. The molecule has 0 saturated heterocycles. The smallest absolute Gasteiger partial charge is 0.261 e. The Morgan fingerprint density at radius 3 is 2.27 bits per heavy atom. The second-order valence-corrected chi connectivity index (χ2v) is 6.82. The van der Waals surface area contributed by atoms with Gasteiger partial charge in [-0.05, 0) is 37.6 Å². The molecule has 0 N–H and O–H groups in total. The average Bonchev–Trinajstić information content (AvgIpc) is 2.52. The first kappa shape index (κ1) is 16.1. The molecular formula is C18H19NO2S. The summed E-state index contributed by atoms with van der Waals surface area (Å²) in [5, 5.41) is 0. The first-order chi connectivity index (χ1) is 10.5. The van der Waals surface area contributed by atoms with Crippen molar-refractivity contribution >= 4 is 10.0 Å². The highest BCUT2D eigenvalue weighted by molar-refractivity contribution is 7.89. The molecule has 0 atom stereocenters. The molecule has 114 valence electrons. The lowest BCUT2D eigenvalue weighted by atomic mass is 10.2. The van der Waals surface area contributed by atoms with Crippen LogP contribution in [0.15, 0.2) is 77.5 Å². The van der Waals surface area contributed by atoms with Crippen LogP contribution in [-0.2, 0) is 16.6 Å². The molecule has 3 nitrogen and oxygen atoms in total. The van der Waals surface area contributed by atoms with Gasteiger partial charge in [0.15, 0.2) is 0 Å². The van der Waals surface area contributed by atoms with Crippen LogP contribution in [-0.4, -0.2) is 12.7 Å². The molecule has 0 aromatic heterocycles. The maximum atomic E-state index is 12.8. The minimum absolute atomic E-state index is 0.276. The van der Waals surface area contributed by atoms with E-state index in [0.29, 0.717) is 0 Å². The molecule has 0 unspecified atom stereocenters. The largest absolute Gasteiger partial charge is 0.264 e. The fourth-order valence-corrected chi connectivity index (χ4v) is 3.24. The van der Waals surface area contributed by atoms with Gasteiger partial charge in [-0.15, -0.1) is 5.73 Å². The summed E-state index contributed by atoms with van der Waals surface area (Å²) in [7, 11) is -3.59. The van der Waals surface area contributed by atoms with E-state index in [2.05, 4.69) is 5.73 Å². The number of allylic oxidation sites excluding steroid dienone is 1. The molecule has 0 aliphatic heterocycles. The van der Waals surface area contributed by atoms with Crippen molar-refractivity contribution in [2.24, 2.45) is 0 Å². The molecule has 22 heavy (non-hydrogen) atoms. The predicted molar refractivity (Wildman–Crippen MR) is 88.7 cm³/mol. The summed E-state index contributed by atoms with van der Waals surface area (Å²) in [5.74, 6) is 0. The van der Waals surface area contributed by atoms with Crippen LogP contribution in [0.1, 0.15) is 18.1 Å². The van der Waals surface area contributed by atoms with Gasteiger partial charge in [0.25, 0.3) is 10.0 Å². The van der Waals surface area contributed by atoms with E-state index in [1.807, 2.05) is 37.3 Å². The molecule has 0 saturated carbocycles. The summed E-state index contributed by atoms with van der Waals surface area (Å²) in [6.07, 6.45) is 3.16. The van der Waals surface area contributed by atoms with Gasteiger partial charge < -0.3 is 0 Å². The molecule has 2 aromatic carbocycles. The van der Waals surface area contributed by atoms with Gasteiger partial charge in [-0.25, -0.2) is 8.42 Å². The summed E-state index contributed by atoms with van der Waals surface area (Å²) in [5.41, 5.74) is 4.80. The van der Waals surface area contributed by atoms with E-state index in [-0.39, 0.29) is 11.4 Å². The van der Waals surface area contributed by atoms with Crippen LogP contribution >= 0.6 is 0 Å². The number of hydrogen-bond acceptors (Lipinski definition) is 2. The van der Waals surface area contributed by atoms with Gasteiger partial charge in [0.05, 0.1) is 17.6 Å². The molecule has 0 heterocycles. The normalized spacial score (nSPS) is 10.6. The highest BCUT2D eigenvalue weighted by Gasteiger charge is 2.21. The molecule has 0 spiro atoms. The van der Waals surface area contributed by atoms with Crippen LogP contribution in [0.25, 0.3) is 0 Å². The van der Waals surface area contributed by atoms with Crippen molar-refractivity contribution in [1.29, 1.82) is 0 Å². The third kappa shape index (κ3) is 3.88. The number of nitrogens with zero attached hydrogens (tertiary/aromatic N) is 1. The highest BCUT2D eigenvalue weighted by atomic mass is 32.2. The molecular weight excluding hydrogens is 294 g/mol. The van der Waals surface area contributed by atoms with Gasteiger partial charge in [-0.3, -0.25) is 4.31 Å². The zero-order valence-electron chi connectivity index (χ0n) is 12.7. The van der Waals surface area contributed by atoms with Gasteiger partial charge in [-0.1, -0.05) is 48.0 Å². The summed E-state index contributed by atoms with van der Waals surface area (Å²) >= 11 is 0. The van der Waals surface area contributed by atoms with Crippen molar-refractivity contribution in [3.05, 3.63) is 83.7 Å². The van der Waals surface area contributed by atoms with Crippen LogP contribution < -0.4 is 0 Å². The Morgan fingerprint density at radius 1 is 1.05 bits per heavy atom. The van der Waals surface area contributed by atoms with Crippen LogP contribution in [0.2, 0.25) is 0 Å². The van der Waals surface area contributed by atoms with Gasteiger partial charge >= 0.3 is 0 Å². The molecule has 0 radical (unpaired) electrons. The molecule has 0 amide bonds. The molecule has 0 bridgehead atoms. The maximum Gasteiger partial charge on any atom is 0.264 e. The van der Waals surface area contributed by atoms with Crippen molar-refractivity contribution in [3.63, 3.8) is 0 Å². The monoisotopic (exact) mass is 313 g/mol. The van der Waals surface area contributed by atoms with Gasteiger partial charge in [0.1, 0.15) is 0 Å². The summed E-state index contributed by atoms with van der Waals surface area (Å²) in [4.78, 5) is 0.281. The SMILES string of the molecule is CC=C=CN(Cc1ccccc1)S(=O)(=O)c1ccc(C)cc1. The van der Waals surface area contributed by atoms with Crippen molar-refractivity contribution in [2.75, 3.05) is 0 Å². The lowest BCUT2D eigenvalue weighted by molar-refractivity contribution is 0.495. The van der Waals surface area contributed by atoms with E-state index in [0.717, 1.165) is 11.1 Å². The second kappa shape index (κ2) is 7.12. The van der Waals surface area contributed by atoms with Crippen molar-refractivity contribution in [3.8, 4) is 0 Å². The van der Waals surface area contributed by atoms with E-state index in [4.69, 9.17) is 0 Å². The van der Waals surface area contributed by atoms with Crippen molar-refractivity contribution in [2.45, 2.75) is 25.3 Å². The number of sulfonamides is 1. The highest BCUT2D eigenvalue weighted by Crippen LogP contribution is 2.19. The summed E-state index contributed by atoms with van der Waals surface area (Å²) in [6.45, 7) is 4.01. The second-order valence-electron chi connectivity index (χ2n) is 4.93. The molecule has 4 heteroatoms. The number of aryl methyl sites for hydroxylation is 1. The van der Waals surface area contributed by atoms with Crippen LogP contribution in [0.5, 0.6) is 0 Å². The van der Waals surface area contributed by atoms with Crippen LogP contribution in [0, 0.1) is 6.92 Å². The Labute approximate surface area is 132 Å². The zero-order valence-corrected chi connectivity index (χ0v) is 13.5. The van der Waals surface area contributed by atoms with E-state index in [9.17, 15) is 8.42 Å². The third-order valence-corrected chi connectivity index (χ3v) is 4.91. The lowest BCUT2D eigenvalue weighted by Crippen LogP contribution is -2.25. The predicted octanol–water partition coefficient (Wildman–Crippen LogP) is 3.87. The summed E-state index contributed by atoms with van der Waals surface area (Å²) < 4.78 is 26.9. The van der Waals surface area contributed by atoms with Crippen molar-refractivity contribution in [1.82, 2.24) is 4.31 Å². The fraction of sp³-hybridized carbons (Fsp3) is 0.167. The molecule has 2 aromatic rings. The molecule has 0 fully saturated rings. The quantitative estimate of drug-likeness (QED) is 0.786. The Bertz CT molecular complexity index is 772.